The Kier molecular flexibility index (Phi) is 2.08. The molecule has 0 bridgehead atoms. The van der Waals surface area contributed by atoms with E-state index in [-0.39, 0.29) is 5.31 Å². The Morgan fingerprint density at radius 1 is 1.09 bits per heavy atom. The summed E-state index contributed by atoms with van der Waals surface area (Å²) in [7, 11) is 2.21. The molecule has 0 aromatic carbocycles. The number of rotatable bonds is 0. The van der Waals surface area contributed by atoms with Crippen molar-refractivity contribution in [1.82, 2.24) is 0 Å². The molecule has 0 atom stereocenters. The van der Waals surface area contributed by atoms with E-state index < -0.39 is 0 Å². The van der Waals surface area contributed by atoms with E-state index in [1.165, 1.54) is 11.1 Å². The van der Waals surface area contributed by atoms with Crippen molar-refractivity contribution in [3.8, 4) is 0 Å². The van der Waals surface area contributed by atoms with Gasteiger partial charge in [0.05, 0.1) is 0 Å². The highest BCUT2D eigenvalue weighted by Crippen LogP contribution is 2.28. The Balaban J connectivity index is 3.01. The molecular formula is C10H15B. The van der Waals surface area contributed by atoms with Gasteiger partial charge in [0.15, 0.2) is 0 Å². The van der Waals surface area contributed by atoms with Gasteiger partial charge in [-0.25, -0.2) is 0 Å². The van der Waals surface area contributed by atoms with Gasteiger partial charge in [-0.1, -0.05) is 31.2 Å². The molecule has 0 amide bonds. The van der Waals surface area contributed by atoms with Crippen LogP contribution < -0.4 is 0 Å². The summed E-state index contributed by atoms with van der Waals surface area (Å²) >= 11 is 0. The highest BCUT2D eigenvalue weighted by Gasteiger charge is 2.10. The fourth-order valence-corrected chi connectivity index (χ4v) is 0.998. The van der Waals surface area contributed by atoms with Gasteiger partial charge in [0.2, 0.25) is 0 Å². The maximum atomic E-state index is 2.25. The Labute approximate surface area is 70.1 Å². The summed E-state index contributed by atoms with van der Waals surface area (Å²) in [5.41, 5.74) is 2.73. The summed E-state index contributed by atoms with van der Waals surface area (Å²) in [6.07, 6.45) is 8.90. The van der Waals surface area contributed by atoms with E-state index in [1.807, 2.05) is 0 Å². The van der Waals surface area contributed by atoms with E-state index in [0.717, 1.165) is 0 Å². The van der Waals surface area contributed by atoms with Crippen LogP contribution in [0.25, 0.3) is 0 Å². The monoisotopic (exact) mass is 146 g/mol. The molecule has 0 unspecified atom stereocenters. The molecule has 1 heteroatoms. The first-order valence-electron chi connectivity index (χ1n) is 4.07. The van der Waals surface area contributed by atoms with E-state index in [9.17, 15) is 0 Å². The lowest BCUT2D eigenvalue weighted by Crippen LogP contribution is -1.97. The van der Waals surface area contributed by atoms with Crippen LogP contribution in [0.4, 0.5) is 0 Å². The number of allylic oxidation sites excluding steroid dienone is 6. The summed E-state index contributed by atoms with van der Waals surface area (Å²) in [5, 5.41) is 0.221. The molecule has 58 valence electrons. The minimum Gasteiger partial charge on any atom is -0.0827 e. The molecule has 0 aliphatic heterocycles. The van der Waals surface area contributed by atoms with Crippen LogP contribution in [0.3, 0.4) is 0 Å². The predicted octanol–water partition coefficient (Wildman–Crippen LogP) is 2.26. The molecule has 0 saturated carbocycles. The zero-order valence-electron chi connectivity index (χ0n) is 7.81. The fourth-order valence-electron chi connectivity index (χ4n) is 0.998. The van der Waals surface area contributed by atoms with Crippen LogP contribution in [0, 0.1) is 0 Å². The van der Waals surface area contributed by atoms with E-state index in [4.69, 9.17) is 0 Å². The summed E-state index contributed by atoms with van der Waals surface area (Å²) in [4.78, 5) is 0. The summed E-state index contributed by atoms with van der Waals surface area (Å²) in [5.74, 6) is 0. The van der Waals surface area contributed by atoms with Gasteiger partial charge in [-0.05, 0) is 30.3 Å². The molecule has 0 spiro atoms. The van der Waals surface area contributed by atoms with Crippen LogP contribution in [-0.4, -0.2) is 7.85 Å². The van der Waals surface area contributed by atoms with Gasteiger partial charge in [0, 0.05) is 0 Å². The van der Waals surface area contributed by atoms with Crippen LogP contribution in [0.15, 0.2) is 35.5 Å². The summed E-state index contributed by atoms with van der Waals surface area (Å²) < 4.78 is 0. The maximum absolute atomic E-state index is 2.25. The van der Waals surface area contributed by atoms with E-state index in [1.54, 1.807) is 0 Å². The Hall–Kier alpha value is -0.715. The van der Waals surface area contributed by atoms with Crippen LogP contribution in [-0.2, 0) is 0 Å². The first kappa shape index (κ1) is 8.38. The summed E-state index contributed by atoms with van der Waals surface area (Å²) in [6, 6.07) is 0. The van der Waals surface area contributed by atoms with Crippen molar-refractivity contribution in [3.05, 3.63) is 35.5 Å². The molecule has 0 radical (unpaired) electrons. The average Bonchev–Trinajstić information content (AvgIpc) is 2.03. The van der Waals surface area contributed by atoms with Gasteiger partial charge >= 0.3 is 0 Å². The molecule has 0 nitrogen and oxygen atoms in total. The normalized spacial score (nSPS) is 22.1. The first-order valence-corrected chi connectivity index (χ1v) is 4.07. The van der Waals surface area contributed by atoms with Crippen LogP contribution in [0.1, 0.15) is 20.8 Å². The predicted molar refractivity (Wildman–Crippen MR) is 53.6 cm³/mol. The van der Waals surface area contributed by atoms with Gasteiger partial charge < -0.3 is 0 Å². The second-order valence-electron chi connectivity index (χ2n) is 3.85. The van der Waals surface area contributed by atoms with Gasteiger partial charge in [-0.15, -0.1) is 0 Å². The highest BCUT2D eigenvalue weighted by molar-refractivity contribution is 6.18. The van der Waals surface area contributed by atoms with Gasteiger partial charge in [-0.2, -0.15) is 0 Å². The van der Waals surface area contributed by atoms with E-state index in [2.05, 4.69) is 52.9 Å². The fraction of sp³-hybridized carbons (Fsp3) is 0.400. The number of hydrogen-bond donors (Lipinski definition) is 0. The lowest BCUT2D eigenvalue weighted by Gasteiger charge is -2.12. The molecule has 0 N–H and O–H groups in total. The number of hydrogen-bond acceptors (Lipinski definition) is 0. The first-order chi connectivity index (χ1) is 5.01. The third kappa shape index (κ3) is 2.11. The third-order valence-electron chi connectivity index (χ3n) is 2.15. The molecule has 0 aromatic heterocycles. The Morgan fingerprint density at radius 3 is 1.82 bits per heavy atom. The SMILES string of the molecule is BC1(C)C=CC(C)=C(C)C=C1. The van der Waals surface area contributed by atoms with Gasteiger partial charge in [-0.3, -0.25) is 0 Å². The molecule has 0 aromatic rings. The van der Waals surface area contributed by atoms with Crippen LogP contribution in [0.2, 0.25) is 5.31 Å². The second kappa shape index (κ2) is 2.73. The zero-order chi connectivity index (χ0) is 8.48. The van der Waals surface area contributed by atoms with Crippen LogP contribution >= 0.6 is 0 Å². The second-order valence-corrected chi connectivity index (χ2v) is 3.85. The van der Waals surface area contributed by atoms with Crippen molar-refractivity contribution in [2.75, 3.05) is 0 Å². The topological polar surface area (TPSA) is 0 Å². The lowest BCUT2D eigenvalue weighted by atomic mass is 9.70. The van der Waals surface area contributed by atoms with Crippen molar-refractivity contribution in [2.24, 2.45) is 0 Å². The van der Waals surface area contributed by atoms with Crippen molar-refractivity contribution in [3.63, 3.8) is 0 Å². The minimum absolute atomic E-state index is 0.221. The quantitative estimate of drug-likeness (QED) is 0.460. The largest absolute Gasteiger partial charge is 0.119 e. The molecule has 11 heavy (non-hydrogen) atoms. The molecule has 1 aliphatic rings. The third-order valence-corrected chi connectivity index (χ3v) is 2.15. The van der Waals surface area contributed by atoms with E-state index in [0.29, 0.717) is 0 Å². The Bertz CT molecular complexity index is 218. The van der Waals surface area contributed by atoms with Crippen molar-refractivity contribution in [1.29, 1.82) is 0 Å². The molecule has 0 heterocycles. The van der Waals surface area contributed by atoms with Crippen molar-refractivity contribution in [2.45, 2.75) is 26.1 Å². The molecular weight excluding hydrogens is 131 g/mol. The molecule has 1 aliphatic carbocycles. The highest BCUT2D eigenvalue weighted by atomic mass is 14.1. The maximum Gasteiger partial charge on any atom is 0.119 e. The molecule has 1 rings (SSSR count). The summed E-state index contributed by atoms with van der Waals surface area (Å²) in [6.45, 7) is 6.51. The Morgan fingerprint density at radius 2 is 1.45 bits per heavy atom. The van der Waals surface area contributed by atoms with Crippen molar-refractivity contribution >= 4 is 7.85 Å². The van der Waals surface area contributed by atoms with Crippen LogP contribution in [0.5, 0.6) is 0 Å². The van der Waals surface area contributed by atoms with E-state index >= 15 is 0 Å². The van der Waals surface area contributed by atoms with Gasteiger partial charge in [0.1, 0.15) is 7.85 Å². The van der Waals surface area contributed by atoms with Gasteiger partial charge in [0.25, 0.3) is 0 Å². The molecule has 0 fully saturated rings. The minimum atomic E-state index is 0.221. The average molecular weight is 146 g/mol. The lowest BCUT2D eigenvalue weighted by molar-refractivity contribution is 0.969. The zero-order valence-corrected chi connectivity index (χ0v) is 7.81. The standard InChI is InChI=1S/C10H15B/c1-8-4-6-10(3,11)7-5-9(8)2/h4-7H,11H2,1-3H3. The molecule has 0 saturated heterocycles. The van der Waals surface area contributed by atoms with Crippen molar-refractivity contribution < 1.29 is 0 Å². The smallest absolute Gasteiger partial charge is 0.0827 e.